The highest BCUT2D eigenvalue weighted by Gasteiger charge is 2.12. The summed E-state index contributed by atoms with van der Waals surface area (Å²) in [6.07, 6.45) is 4.96. The Hall–Kier alpha value is -3.32. The van der Waals surface area contributed by atoms with Crippen LogP contribution in [0.15, 0.2) is 59.0 Å². The molecule has 0 saturated carbocycles. The van der Waals surface area contributed by atoms with Crippen molar-refractivity contribution in [2.75, 3.05) is 26.2 Å². The summed E-state index contributed by atoms with van der Waals surface area (Å²) in [5, 5.41) is 0.938. The molecule has 7 heteroatoms. The van der Waals surface area contributed by atoms with E-state index in [0.717, 1.165) is 29.7 Å². The third-order valence-corrected chi connectivity index (χ3v) is 5.58. The summed E-state index contributed by atoms with van der Waals surface area (Å²) in [7, 11) is 0. The van der Waals surface area contributed by atoms with Gasteiger partial charge < -0.3 is 14.1 Å². The first-order valence-electron chi connectivity index (χ1n) is 11.2. The fourth-order valence-electron chi connectivity index (χ4n) is 3.89. The number of nitrogens with one attached hydrogen (secondary N) is 2. The molecule has 4 rings (SSSR count). The number of rotatable bonds is 8. The molecule has 0 bridgehead atoms. The summed E-state index contributed by atoms with van der Waals surface area (Å²) >= 11 is 0. The highest BCUT2D eigenvalue weighted by molar-refractivity contribution is 5.95. The quantitative estimate of drug-likeness (QED) is 0.416. The van der Waals surface area contributed by atoms with Crippen molar-refractivity contribution in [3.63, 3.8) is 0 Å². The van der Waals surface area contributed by atoms with E-state index in [1.54, 1.807) is 24.3 Å². The van der Waals surface area contributed by atoms with E-state index in [1.165, 1.54) is 32.4 Å². The van der Waals surface area contributed by atoms with Crippen LogP contribution in [0, 0.1) is 0 Å². The zero-order chi connectivity index (χ0) is 22.2. The second-order valence-electron chi connectivity index (χ2n) is 8.06. The number of hydrogen-bond acceptors (Lipinski definition) is 5. The van der Waals surface area contributed by atoms with E-state index in [2.05, 4.69) is 15.8 Å². The Kier molecular flexibility index (Phi) is 7.40. The number of benzene rings is 2. The van der Waals surface area contributed by atoms with Crippen LogP contribution in [0.5, 0.6) is 5.75 Å². The molecule has 1 aromatic heterocycles. The molecule has 2 heterocycles. The van der Waals surface area contributed by atoms with Crippen LogP contribution in [0.3, 0.4) is 0 Å². The van der Waals surface area contributed by atoms with Crippen molar-refractivity contribution >= 4 is 22.8 Å². The van der Waals surface area contributed by atoms with E-state index in [4.69, 9.17) is 9.15 Å². The zero-order valence-corrected chi connectivity index (χ0v) is 18.1. The molecule has 2 aromatic carbocycles. The maximum absolute atomic E-state index is 12.3. The summed E-state index contributed by atoms with van der Waals surface area (Å²) in [5.41, 5.74) is 6.03. The van der Waals surface area contributed by atoms with E-state index in [0.29, 0.717) is 17.9 Å². The van der Waals surface area contributed by atoms with Gasteiger partial charge in [0.1, 0.15) is 17.1 Å². The van der Waals surface area contributed by atoms with Crippen LogP contribution in [-0.4, -0.2) is 43.0 Å². The molecule has 168 valence electrons. The summed E-state index contributed by atoms with van der Waals surface area (Å²) in [4.78, 5) is 26.9. The minimum absolute atomic E-state index is 0.0408. The molecule has 7 nitrogen and oxygen atoms in total. The standard InChI is InChI=1S/C25H29N3O4/c29-24(18-22-17-20-7-2-3-8-23(20)32-22)26-27-25(30)19-9-11-21(12-10-19)31-16-6-15-28-13-4-1-5-14-28/h2-3,7-12,17H,1,4-6,13-16,18H2,(H,26,29)(H,27,30). The van der Waals surface area contributed by atoms with E-state index < -0.39 is 0 Å². The number of furan rings is 1. The topological polar surface area (TPSA) is 83.8 Å². The molecule has 1 saturated heterocycles. The third-order valence-electron chi connectivity index (χ3n) is 5.58. The molecular weight excluding hydrogens is 406 g/mol. The van der Waals surface area contributed by atoms with E-state index in [-0.39, 0.29) is 18.2 Å². The minimum atomic E-state index is -0.389. The number of fused-ring (bicyclic) bond motifs is 1. The van der Waals surface area contributed by atoms with E-state index >= 15 is 0 Å². The summed E-state index contributed by atoms with van der Waals surface area (Å²) in [6.45, 7) is 4.10. The maximum atomic E-state index is 12.3. The van der Waals surface area contributed by atoms with Crippen LogP contribution >= 0.6 is 0 Å². The van der Waals surface area contributed by atoms with Gasteiger partial charge in [0.25, 0.3) is 5.91 Å². The first-order chi connectivity index (χ1) is 15.7. The number of amides is 2. The van der Waals surface area contributed by atoms with Crippen LogP contribution < -0.4 is 15.6 Å². The molecule has 1 aliphatic heterocycles. The van der Waals surface area contributed by atoms with Crippen molar-refractivity contribution < 1.29 is 18.7 Å². The lowest BCUT2D eigenvalue weighted by Gasteiger charge is -2.26. The lowest BCUT2D eigenvalue weighted by molar-refractivity contribution is -0.121. The normalized spacial score (nSPS) is 14.2. The molecule has 0 atom stereocenters. The summed E-state index contributed by atoms with van der Waals surface area (Å²) < 4.78 is 11.4. The van der Waals surface area contributed by atoms with Gasteiger partial charge in [-0.3, -0.25) is 20.4 Å². The minimum Gasteiger partial charge on any atom is -0.494 e. The summed E-state index contributed by atoms with van der Waals surface area (Å²) in [5.74, 6) is 0.527. The Morgan fingerprint density at radius 1 is 0.969 bits per heavy atom. The molecule has 0 aliphatic carbocycles. The number of carbonyl (C=O) groups is 2. The molecule has 0 radical (unpaired) electrons. The number of hydrogen-bond donors (Lipinski definition) is 2. The van der Waals surface area contributed by atoms with Crippen molar-refractivity contribution in [1.29, 1.82) is 0 Å². The number of hydrazine groups is 1. The highest BCUT2D eigenvalue weighted by atomic mass is 16.5. The average molecular weight is 436 g/mol. The number of likely N-dealkylation sites (tertiary alicyclic amines) is 1. The van der Waals surface area contributed by atoms with Crippen LogP contribution in [0.25, 0.3) is 11.0 Å². The molecule has 1 fully saturated rings. The number of para-hydroxylation sites is 1. The third kappa shape index (κ3) is 6.11. The predicted octanol–water partition coefficient (Wildman–Crippen LogP) is 3.69. The van der Waals surface area contributed by atoms with Gasteiger partial charge in [-0.2, -0.15) is 0 Å². The van der Waals surface area contributed by atoms with Crippen molar-refractivity contribution in [2.45, 2.75) is 32.1 Å². The largest absolute Gasteiger partial charge is 0.494 e. The molecule has 2 N–H and O–H groups in total. The van der Waals surface area contributed by atoms with Gasteiger partial charge in [-0.1, -0.05) is 24.6 Å². The molecular formula is C25H29N3O4. The summed E-state index contributed by atoms with van der Waals surface area (Å²) in [6, 6.07) is 16.3. The second-order valence-corrected chi connectivity index (χ2v) is 8.06. The first-order valence-corrected chi connectivity index (χ1v) is 11.2. The lowest BCUT2D eigenvalue weighted by atomic mass is 10.1. The molecule has 0 spiro atoms. The molecule has 1 aliphatic rings. The van der Waals surface area contributed by atoms with Gasteiger partial charge in [-0.25, -0.2) is 0 Å². The number of nitrogens with zero attached hydrogens (tertiary/aromatic N) is 1. The van der Waals surface area contributed by atoms with E-state index in [1.807, 2.05) is 30.3 Å². The number of piperidine rings is 1. The first kappa shape index (κ1) is 21.9. The van der Waals surface area contributed by atoms with Crippen LogP contribution in [0.4, 0.5) is 0 Å². The highest BCUT2D eigenvalue weighted by Crippen LogP contribution is 2.19. The van der Waals surface area contributed by atoms with Crippen LogP contribution in [0.1, 0.15) is 41.8 Å². The van der Waals surface area contributed by atoms with Crippen LogP contribution in [0.2, 0.25) is 0 Å². The molecule has 32 heavy (non-hydrogen) atoms. The van der Waals surface area contributed by atoms with E-state index in [9.17, 15) is 9.59 Å². The van der Waals surface area contributed by atoms with Crippen molar-refractivity contribution in [2.24, 2.45) is 0 Å². The second kappa shape index (κ2) is 10.8. The van der Waals surface area contributed by atoms with Crippen molar-refractivity contribution in [3.8, 4) is 5.75 Å². The SMILES string of the molecule is O=C(Cc1cc2ccccc2o1)NNC(=O)c1ccc(OCCCN2CCCCC2)cc1. The number of carbonyl (C=O) groups excluding carboxylic acids is 2. The Morgan fingerprint density at radius 2 is 1.75 bits per heavy atom. The maximum Gasteiger partial charge on any atom is 0.269 e. The van der Waals surface area contributed by atoms with Crippen molar-refractivity contribution in [3.05, 3.63) is 65.9 Å². The van der Waals surface area contributed by atoms with Gasteiger partial charge in [0.15, 0.2) is 0 Å². The Balaban J connectivity index is 1.17. The monoisotopic (exact) mass is 435 g/mol. The fourth-order valence-corrected chi connectivity index (χ4v) is 3.89. The number of ether oxygens (including phenoxy) is 1. The van der Waals surface area contributed by atoms with Gasteiger partial charge in [-0.05, 0) is 68.8 Å². The van der Waals surface area contributed by atoms with Gasteiger partial charge in [0, 0.05) is 17.5 Å². The fraction of sp³-hybridized carbons (Fsp3) is 0.360. The predicted molar refractivity (Wildman–Crippen MR) is 122 cm³/mol. The van der Waals surface area contributed by atoms with Gasteiger partial charge >= 0.3 is 0 Å². The Morgan fingerprint density at radius 3 is 2.53 bits per heavy atom. The lowest BCUT2D eigenvalue weighted by Crippen LogP contribution is -2.42. The smallest absolute Gasteiger partial charge is 0.269 e. The van der Waals surface area contributed by atoms with Gasteiger partial charge in [0.2, 0.25) is 5.91 Å². The zero-order valence-electron chi connectivity index (χ0n) is 18.1. The Labute approximate surface area is 187 Å². The molecule has 3 aromatic rings. The molecule has 2 amide bonds. The Bertz CT molecular complexity index is 1010. The molecule has 0 unspecified atom stereocenters. The van der Waals surface area contributed by atoms with Gasteiger partial charge in [-0.15, -0.1) is 0 Å². The van der Waals surface area contributed by atoms with Crippen LogP contribution in [-0.2, 0) is 11.2 Å². The van der Waals surface area contributed by atoms with Crippen molar-refractivity contribution in [1.82, 2.24) is 15.8 Å². The average Bonchev–Trinajstić information content (AvgIpc) is 3.23. The van der Waals surface area contributed by atoms with Gasteiger partial charge in [0.05, 0.1) is 13.0 Å².